The number of carbonyl (C=O) groups is 2. The van der Waals surface area contributed by atoms with E-state index in [1.165, 1.54) is 19.1 Å². The van der Waals surface area contributed by atoms with Crippen LogP contribution in [0.3, 0.4) is 0 Å². The zero-order valence-electron chi connectivity index (χ0n) is 17.1. The summed E-state index contributed by atoms with van der Waals surface area (Å²) in [6.45, 7) is 0. The normalized spacial score (nSPS) is 17.6. The molecular weight excluding hydrogens is 416 g/mol. The molecule has 6 nitrogen and oxygen atoms in total. The van der Waals surface area contributed by atoms with Gasteiger partial charge in [0.25, 0.3) is 5.91 Å². The highest BCUT2D eigenvalue weighted by Gasteiger charge is 2.60. The van der Waals surface area contributed by atoms with Gasteiger partial charge in [0, 0.05) is 10.6 Å². The van der Waals surface area contributed by atoms with Crippen molar-refractivity contribution in [3.05, 3.63) is 83.4 Å². The van der Waals surface area contributed by atoms with Crippen molar-refractivity contribution in [2.75, 3.05) is 24.4 Å². The predicted octanol–water partition coefficient (Wildman–Crippen LogP) is 4.63. The van der Waals surface area contributed by atoms with E-state index in [1.807, 2.05) is 6.07 Å². The minimum Gasteiger partial charge on any atom is -0.495 e. The molecule has 4 rings (SSSR count). The van der Waals surface area contributed by atoms with Gasteiger partial charge in [-0.2, -0.15) is 0 Å². The fourth-order valence-corrected chi connectivity index (χ4v) is 4.24. The molecule has 1 N–H and O–H groups in total. The average molecular weight is 437 g/mol. The van der Waals surface area contributed by atoms with Crippen LogP contribution >= 0.6 is 11.6 Å². The largest absolute Gasteiger partial charge is 0.495 e. The minimum absolute atomic E-state index is 0.0320. The van der Waals surface area contributed by atoms with E-state index in [9.17, 15) is 9.59 Å². The molecule has 1 aliphatic heterocycles. The zero-order valence-corrected chi connectivity index (χ0v) is 17.8. The van der Waals surface area contributed by atoms with E-state index in [-0.39, 0.29) is 12.3 Å². The zero-order chi connectivity index (χ0) is 22.0. The maximum Gasteiger partial charge on any atom is 0.256 e. The number of β-lactam (4-membered cyclic amide) rings is 1. The lowest BCUT2D eigenvalue weighted by Crippen LogP contribution is -2.67. The van der Waals surface area contributed by atoms with Crippen molar-refractivity contribution in [1.29, 1.82) is 0 Å². The van der Waals surface area contributed by atoms with Gasteiger partial charge in [0.2, 0.25) is 5.91 Å². The SMILES string of the molecule is COc1ccccc1NC(=O)C1(c2ccccc2Cl)CC(=O)N1c1ccccc1OC. The van der Waals surface area contributed by atoms with Gasteiger partial charge < -0.3 is 14.8 Å². The van der Waals surface area contributed by atoms with E-state index in [4.69, 9.17) is 21.1 Å². The summed E-state index contributed by atoms with van der Waals surface area (Å²) in [5.41, 5.74) is 0.192. The molecule has 7 heteroatoms. The van der Waals surface area contributed by atoms with Gasteiger partial charge in [0.05, 0.1) is 32.0 Å². The first-order valence-electron chi connectivity index (χ1n) is 9.68. The molecular formula is C24H21ClN2O4. The lowest BCUT2D eigenvalue weighted by molar-refractivity contribution is -0.137. The number of carbonyl (C=O) groups excluding carboxylic acids is 2. The Morgan fingerprint density at radius 3 is 2.23 bits per heavy atom. The lowest BCUT2D eigenvalue weighted by atomic mass is 9.75. The lowest BCUT2D eigenvalue weighted by Gasteiger charge is -2.51. The van der Waals surface area contributed by atoms with E-state index in [2.05, 4.69) is 5.32 Å². The topological polar surface area (TPSA) is 67.9 Å². The number of benzene rings is 3. The van der Waals surface area contributed by atoms with Crippen molar-refractivity contribution in [1.82, 2.24) is 0 Å². The molecule has 158 valence electrons. The van der Waals surface area contributed by atoms with Crippen LogP contribution in [0.4, 0.5) is 11.4 Å². The molecule has 0 spiro atoms. The van der Waals surface area contributed by atoms with E-state index < -0.39 is 11.4 Å². The third-order valence-corrected chi connectivity index (χ3v) is 5.74. The molecule has 31 heavy (non-hydrogen) atoms. The van der Waals surface area contributed by atoms with Crippen LogP contribution in [0.25, 0.3) is 0 Å². The highest BCUT2D eigenvalue weighted by molar-refractivity contribution is 6.32. The molecule has 0 bridgehead atoms. The summed E-state index contributed by atoms with van der Waals surface area (Å²) in [6, 6.07) is 21.2. The summed E-state index contributed by atoms with van der Waals surface area (Å²) in [6.07, 6.45) is -0.0320. The first-order valence-corrected chi connectivity index (χ1v) is 10.1. The van der Waals surface area contributed by atoms with Crippen molar-refractivity contribution in [3.8, 4) is 11.5 Å². The first kappa shape index (κ1) is 20.8. The average Bonchev–Trinajstić information content (AvgIpc) is 2.78. The summed E-state index contributed by atoms with van der Waals surface area (Å²) < 4.78 is 10.8. The van der Waals surface area contributed by atoms with Crippen LogP contribution in [0.15, 0.2) is 72.8 Å². The number of methoxy groups -OCH3 is 2. The van der Waals surface area contributed by atoms with Crippen LogP contribution in [-0.2, 0) is 15.1 Å². The standard InChI is InChI=1S/C24H21ClN2O4/c1-30-20-13-7-5-11-18(20)26-23(29)24(16-9-3-4-10-17(16)25)15-22(28)27(24)19-12-6-8-14-21(19)31-2/h3-14H,15H2,1-2H3,(H,26,29). The van der Waals surface area contributed by atoms with E-state index in [1.54, 1.807) is 66.7 Å². The number of halogens is 1. The highest BCUT2D eigenvalue weighted by atomic mass is 35.5. The molecule has 1 fully saturated rings. The molecule has 0 radical (unpaired) electrons. The first-order chi connectivity index (χ1) is 15.0. The Hall–Kier alpha value is -3.51. The van der Waals surface area contributed by atoms with Crippen LogP contribution in [0.2, 0.25) is 5.02 Å². The second-order valence-electron chi connectivity index (χ2n) is 7.07. The third-order valence-electron chi connectivity index (χ3n) is 5.41. The van der Waals surface area contributed by atoms with Crippen molar-refractivity contribution < 1.29 is 19.1 Å². The summed E-state index contributed by atoms with van der Waals surface area (Å²) in [5.74, 6) is 0.395. The molecule has 0 aliphatic carbocycles. The Kier molecular flexibility index (Phi) is 5.57. The van der Waals surface area contributed by atoms with Gasteiger partial charge in [-0.25, -0.2) is 0 Å². The van der Waals surface area contributed by atoms with Crippen molar-refractivity contribution in [3.63, 3.8) is 0 Å². The number of amides is 2. The highest BCUT2D eigenvalue weighted by Crippen LogP contribution is 2.50. The molecule has 3 aromatic rings. The molecule has 0 saturated carbocycles. The smallest absolute Gasteiger partial charge is 0.256 e. The molecule has 1 saturated heterocycles. The number of ether oxygens (including phenoxy) is 2. The van der Waals surface area contributed by atoms with Gasteiger partial charge in [-0.15, -0.1) is 0 Å². The van der Waals surface area contributed by atoms with Gasteiger partial charge in [0.15, 0.2) is 5.54 Å². The van der Waals surface area contributed by atoms with Crippen LogP contribution in [0.5, 0.6) is 11.5 Å². The van der Waals surface area contributed by atoms with Crippen LogP contribution < -0.4 is 19.7 Å². The molecule has 1 aliphatic rings. The van der Waals surface area contributed by atoms with Gasteiger partial charge in [-0.3, -0.25) is 14.5 Å². The fraction of sp³-hybridized carbons (Fsp3) is 0.167. The quantitative estimate of drug-likeness (QED) is 0.572. The minimum atomic E-state index is -1.34. The van der Waals surface area contributed by atoms with Gasteiger partial charge in [-0.1, -0.05) is 54.1 Å². The number of nitrogens with one attached hydrogen (secondary N) is 1. The van der Waals surface area contributed by atoms with Crippen LogP contribution in [0.1, 0.15) is 12.0 Å². The van der Waals surface area contributed by atoms with Crippen molar-refractivity contribution >= 4 is 34.8 Å². The fourth-order valence-electron chi connectivity index (χ4n) is 3.94. The Morgan fingerprint density at radius 1 is 0.935 bits per heavy atom. The monoisotopic (exact) mass is 436 g/mol. The Balaban J connectivity index is 1.86. The third kappa shape index (κ3) is 3.39. The Morgan fingerprint density at radius 2 is 1.55 bits per heavy atom. The maximum absolute atomic E-state index is 13.8. The Labute approximate surface area is 185 Å². The molecule has 0 aromatic heterocycles. The molecule has 3 aromatic carbocycles. The Bertz CT molecular complexity index is 1150. The second-order valence-corrected chi connectivity index (χ2v) is 7.48. The van der Waals surface area contributed by atoms with Crippen molar-refractivity contribution in [2.24, 2.45) is 0 Å². The number of hydrogen-bond donors (Lipinski definition) is 1. The summed E-state index contributed by atoms with van der Waals surface area (Å²) in [4.78, 5) is 28.2. The number of para-hydroxylation sites is 4. The van der Waals surface area contributed by atoms with Crippen LogP contribution in [0, 0.1) is 0 Å². The predicted molar refractivity (Wildman–Crippen MR) is 120 cm³/mol. The summed E-state index contributed by atoms with van der Waals surface area (Å²) in [7, 11) is 3.05. The maximum atomic E-state index is 13.8. The van der Waals surface area contributed by atoms with Crippen molar-refractivity contribution in [2.45, 2.75) is 12.0 Å². The van der Waals surface area contributed by atoms with Gasteiger partial charge >= 0.3 is 0 Å². The van der Waals surface area contributed by atoms with E-state index in [0.29, 0.717) is 33.5 Å². The van der Waals surface area contributed by atoms with E-state index >= 15 is 0 Å². The van der Waals surface area contributed by atoms with Crippen LogP contribution in [-0.4, -0.2) is 26.0 Å². The summed E-state index contributed by atoms with van der Waals surface area (Å²) >= 11 is 6.53. The molecule has 2 amide bonds. The van der Waals surface area contributed by atoms with Gasteiger partial charge in [-0.05, 0) is 30.3 Å². The number of rotatable bonds is 6. The number of anilines is 2. The number of nitrogens with zero attached hydrogens (tertiary/aromatic N) is 1. The molecule has 1 unspecified atom stereocenters. The summed E-state index contributed by atoms with van der Waals surface area (Å²) in [5, 5.41) is 3.32. The van der Waals surface area contributed by atoms with E-state index in [0.717, 1.165) is 0 Å². The second kappa shape index (κ2) is 8.32. The molecule has 1 heterocycles. The van der Waals surface area contributed by atoms with Gasteiger partial charge in [0.1, 0.15) is 11.5 Å². The molecule has 1 atom stereocenters. The number of hydrogen-bond acceptors (Lipinski definition) is 4.